The third kappa shape index (κ3) is 15.4. The predicted octanol–water partition coefficient (Wildman–Crippen LogP) is -1.18. The normalized spacial score (nSPS) is 18.0. The van der Waals surface area contributed by atoms with Crippen molar-refractivity contribution < 1.29 is 46.4 Å². The zero-order valence-corrected chi connectivity index (χ0v) is 19.3. The minimum atomic E-state index is -0.243. The molecule has 112 valence electrons. The Morgan fingerprint density at radius 2 is 1.70 bits per heavy atom. The van der Waals surface area contributed by atoms with E-state index in [9.17, 15) is 0 Å². The first-order valence-corrected chi connectivity index (χ1v) is 18.0. The van der Waals surface area contributed by atoms with Gasteiger partial charge in [0.25, 0.3) is 0 Å². The van der Waals surface area contributed by atoms with Crippen LogP contribution in [0.25, 0.3) is 0 Å². The number of rotatable bonds is 0. The Bertz CT molecular complexity index is 382. The Morgan fingerprint density at radius 3 is 1.80 bits per heavy atom. The second-order valence-electron chi connectivity index (χ2n) is 4.91. The van der Waals surface area contributed by atoms with E-state index >= 15 is 0 Å². The molecule has 2 rings (SSSR count). The van der Waals surface area contributed by atoms with E-state index in [0.29, 0.717) is 5.92 Å². The third-order valence-corrected chi connectivity index (χ3v) is 2.41. The number of halogens is 2. The average Bonchev–Trinajstić information content (AvgIpc) is 2.78. The number of allylic oxidation sites excluding steroid dienone is 8. The van der Waals surface area contributed by atoms with Gasteiger partial charge in [-0.25, -0.2) is 22.8 Å². The van der Waals surface area contributed by atoms with E-state index in [2.05, 4.69) is 63.5 Å². The van der Waals surface area contributed by atoms with Crippen LogP contribution in [0.5, 0.6) is 0 Å². The Kier molecular flexibility index (Phi) is 19.3. The zero-order valence-electron chi connectivity index (χ0n) is 13.3. The van der Waals surface area contributed by atoms with Gasteiger partial charge in [0.2, 0.25) is 0 Å². The maximum absolute atomic E-state index is 3.29. The Balaban J connectivity index is -0.000000218. The van der Waals surface area contributed by atoms with E-state index in [0.717, 1.165) is 6.42 Å². The largest absolute Gasteiger partial charge is 1.00 e. The van der Waals surface area contributed by atoms with Crippen molar-refractivity contribution in [2.75, 3.05) is 0 Å². The summed E-state index contributed by atoms with van der Waals surface area (Å²) in [7, 11) is -0.243. The van der Waals surface area contributed by atoms with Gasteiger partial charge >= 0.3 is 43.1 Å². The molecular weight excluding hydrogens is 427 g/mol. The van der Waals surface area contributed by atoms with E-state index in [4.69, 9.17) is 0 Å². The molecule has 0 aromatic rings. The fraction of sp³-hybridized carbons (Fsp3) is 0.500. The van der Waals surface area contributed by atoms with Crippen molar-refractivity contribution in [2.24, 2.45) is 5.92 Å². The molecule has 0 saturated heterocycles. The molecular formula is C16H24Cl2GeZr-2. The smallest absolute Gasteiger partial charge is 1.00 e. The van der Waals surface area contributed by atoms with Gasteiger partial charge in [-0.1, -0.05) is 19.8 Å². The van der Waals surface area contributed by atoms with Crippen LogP contribution < -0.4 is 24.8 Å². The molecule has 0 N–H and O–H groups in total. The molecule has 0 aromatic carbocycles. The summed E-state index contributed by atoms with van der Waals surface area (Å²) in [6.45, 7) is 8.47. The molecule has 0 radical (unpaired) electrons. The van der Waals surface area contributed by atoms with Crippen molar-refractivity contribution >= 4 is 9.98 Å². The molecule has 20 heavy (non-hydrogen) atoms. The molecule has 2 aliphatic rings. The maximum Gasteiger partial charge on any atom is -1.00 e. The van der Waals surface area contributed by atoms with Crippen molar-refractivity contribution in [1.29, 1.82) is 0 Å². The average molecular weight is 451 g/mol. The second kappa shape index (κ2) is 14.9. The molecule has 0 aromatic heterocycles. The molecule has 0 fully saturated rings. The molecule has 0 amide bonds. The Morgan fingerprint density at radius 1 is 1.20 bits per heavy atom. The second-order valence-corrected chi connectivity index (χ2v) is 21.9. The van der Waals surface area contributed by atoms with Crippen LogP contribution in [-0.4, -0.2) is 9.98 Å². The van der Waals surface area contributed by atoms with Gasteiger partial charge in [0.15, 0.2) is 0 Å². The van der Waals surface area contributed by atoms with Crippen molar-refractivity contribution in [3.63, 3.8) is 0 Å². The molecule has 0 saturated carbocycles. The van der Waals surface area contributed by atoms with Crippen LogP contribution in [-0.2, 0) is 21.6 Å². The van der Waals surface area contributed by atoms with Gasteiger partial charge in [0.05, 0.1) is 0 Å². The zero-order chi connectivity index (χ0) is 14.1. The van der Waals surface area contributed by atoms with Gasteiger partial charge in [0.1, 0.15) is 0 Å². The molecule has 1 unspecified atom stereocenters. The predicted molar refractivity (Wildman–Crippen MR) is 79.0 cm³/mol. The van der Waals surface area contributed by atoms with Gasteiger partial charge in [-0.3, -0.25) is 12.2 Å². The van der Waals surface area contributed by atoms with Gasteiger partial charge in [0, 0.05) is 0 Å². The third-order valence-electron chi connectivity index (χ3n) is 2.41. The van der Waals surface area contributed by atoms with Gasteiger partial charge in [-0.15, -0.1) is 20.3 Å². The molecule has 0 bridgehead atoms. The quantitative estimate of drug-likeness (QED) is 0.322. The first-order valence-electron chi connectivity index (χ1n) is 6.37. The van der Waals surface area contributed by atoms with E-state index in [1.54, 1.807) is 21.6 Å². The van der Waals surface area contributed by atoms with Gasteiger partial charge in [-0.2, -0.15) is 12.2 Å². The number of hydrogen-bond acceptors (Lipinski definition) is 0. The summed E-state index contributed by atoms with van der Waals surface area (Å²) in [6, 6.07) is 0. The minimum Gasteiger partial charge on any atom is -1.00 e. The van der Waals surface area contributed by atoms with Gasteiger partial charge < -0.3 is 24.8 Å². The fourth-order valence-electron chi connectivity index (χ4n) is 1.50. The summed E-state index contributed by atoms with van der Waals surface area (Å²) in [4.78, 5) is 0. The van der Waals surface area contributed by atoms with Crippen LogP contribution in [0.3, 0.4) is 0 Å². The van der Waals surface area contributed by atoms with Crippen LogP contribution >= 0.6 is 0 Å². The van der Waals surface area contributed by atoms with E-state index in [1.807, 2.05) is 6.08 Å². The Hall–Kier alpha value is 0.966. The van der Waals surface area contributed by atoms with Crippen molar-refractivity contribution in [3.8, 4) is 0 Å². The van der Waals surface area contributed by atoms with Crippen LogP contribution in [0.15, 0.2) is 34.9 Å². The molecule has 0 heterocycles. The van der Waals surface area contributed by atoms with E-state index in [1.165, 1.54) is 16.7 Å². The summed E-state index contributed by atoms with van der Waals surface area (Å²) in [6.07, 6.45) is 13.8. The summed E-state index contributed by atoms with van der Waals surface area (Å²) in [5.74, 6) is 5.30. The number of hydrogen-bond donors (Lipinski definition) is 0. The first kappa shape index (κ1) is 25.9. The summed E-state index contributed by atoms with van der Waals surface area (Å²) in [5, 5.41) is 0. The van der Waals surface area contributed by atoms with Crippen LogP contribution in [0, 0.1) is 18.1 Å². The summed E-state index contributed by atoms with van der Waals surface area (Å²) in [5.41, 5.74) is 4.05. The van der Waals surface area contributed by atoms with Crippen molar-refractivity contribution in [1.82, 2.24) is 0 Å². The summed E-state index contributed by atoms with van der Waals surface area (Å²) >= 11 is 1.80. The minimum absolute atomic E-state index is 0. The fourth-order valence-corrected chi connectivity index (χ4v) is 1.50. The SMILES string of the molecule is CC1=CC[C-]=C1.CC1=[C-]C(C)C=C1C.[CH3][Ge]([CH3])=[Zr+2].[Cl-].[Cl-]. The molecule has 4 heteroatoms. The topological polar surface area (TPSA) is 0 Å². The van der Waals surface area contributed by atoms with Crippen LogP contribution in [0.1, 0.15) is 34.1 Å². The van der Waals surface area contributed by atoms with Crippen LogP contribution in [0.4, 0.5) is 0 Å². The first-order chi connectivity index (χ1) is 8.32. The van der Waals surface area contributed by atoms with Crippen LogP contribution in [0.2, 0.25) is 11.5 Å². The molecule has 0 aliphatic heterocycles. The van der Waals surface area contributed by atoms with E-state index in [-0.39, 0.29) is 34.8 Å². The summed E-state index contributed by atoms with van der Waals surface area (Å²) < 4.78 is 0. The monoisotopic (exact) mass is 450 g/mol. The van der Waals surface area contributed by atoms with Gasteiger partial charge in [-0.05, 0) is 0 Å². The van der Waals surface area contributed by atoms with E-state index < -0.39 is 0 Å². The molecule has 0 nitrogen and oxygen atoms in total. The van der Waals surface area contributed by atoms with Crippen molar-refractivity contribution in [3.05, 3.63) is 47.1 Å². The standard InChI is InChI=1S/C8H11.C6H7.C2H6Ge.2ClH.Zr/c1-6-4-7(2)8(3)5-6;1-6-4-2-3-5-6;1-3-2;;;/h4,6H,1-3H3;4-5H,2H2,1H3;1-2H3;2*1H;/q2*-1;;;;+2/p-2. The maximum atomic E-state index is 3.29. The molecule has 1 atom stereocenters. The van der Waals surface area contributed by atoms with Crippen molar-refractivity contribution in [2.45, 2.75) is 45.6 Å². The Labute approximate surface area is 154 Å². The molecule has 2 aliphatic carbocycles. The molecule has 0 spiro atoms.